The van der Waals surface area contributed by atoms with Gasteiger partial charge in [-0.3, -0.25) is 14.4 Å². The molecule has 2 heterocycles. The lowest BCUT2D eigenvalue weighted by molar-refractivity contribution is -0.125. The molecule has 4 N–H and O–H groups in total. The van der Waals surface area contributed by atoms with Crippen molar-refractivity contribution in [3.63, 3.8) is 0 Å². The fourth-order valence-electron chi connectivity index (χ4n) is 6.11. The van der Waals surface area contributed by atoms with Crippen molar-refractivity contribution < 1.29 is 40.4 Å². The average molecular weight is 767 g/mol. The molecule has 53 heavy (non-hydrogen) atoms. The number of ether oxygens (including phenoxy) is 1. The SMILES string of the molecule is COc1cccc2[nH]c(C(=O)N[C@@H](CC(C)(C)C)C(=O)N[C@H](C#N)C[C@@H]3CC(c4ccc(S(=O)(=O)N(F)S(=O)(=O)c5ccccc5)cc4)NC3=O)cc12. The number of fused-ring (bicyclic) bond motifs is 1. The average Bonchev–Trinajstić information content (AvgIpc) is 3.74. The number of aromatic amines is 1. The predicted molar refractivity (Wildman–Crippen MR) is 192 cm³/mol. The summed E-state index contributed by atoms with van der Waals surface area (Å²) in [5.74, 6) is -1.69. The summed E-state index contributed by atoms with van der Waals surface area (Å²) in [6, 6.07) is 17.2. The van der Waals surface area contributed by atoms with E-state index in [2.05, 4.69) is 20.9 Å². The van der Waals surface area contributed by atoms with Gasteiger partial charge in [0, 0.05) is 16.8 Å². The number of H-pyrrole nitrogens is 1. The summed E-state index contributed by atoms with van der Waals surface area (Å²) in [5.41, 5.74) is 0.946. The molecule has 0 radical (unpaired) electrons. The molecule has 1 aliphatic heterocycles. The summed E-state index contributed by atoms with van der Waals surface area (Å²) in [5, 5.41) is 18.9. The van der Waals surface area contributed by atoms with Crippen molar-refractivity contribution in [3.05, 3.63) is 90.1 Å². The quantitative estimate of drug-likeness (QED) is 0.143. The van der Waals surface area contributed by atoms with E-state index in [-0.39, 0.29) is 25.0 Å². The van der Waals surface area contributed by atoms with Gasteiger partial charge in [0.15, 0.2) is 0 Å². The first kappa shape index (κ1) is 38.9. The number of nitriles is 1. The molecule has 1 aromatic heterocycles. The Kier molecular flexibility index (Phi) is 11.3. The fraction of sp³-hybridized carbons (Fsp3) is 0.333. The van der Waals surface area contributed by atoms with Crippen molar-refractivity contribution in [2.24, 2.45) is 11.3 Å². The zero-order valence-corrected chi connectivity index (χ0v) is 30.9. The second-order valence-corrected chi connectivity index (χ2v) is 17.6. The van der Waals surface area contributed by atoms with E-state index in [1.165, 1.54) is 37.4 Å². The smallest absolute Gasteiger partial charge is 0.283 e. The number of methoxy groups -OCH3 is 1. The van der Waals surface area contributed by atoms with E-state index >= 15 is 0 Å². The van der Waals surface area contributed by atoms with Gasteiger partial charge in [0.1, 0.15) is 23.5 Å². The number of hydrogen-bond donors (Lipinski definition) is 4. The Morgan fingerprint density at radius 1 is 0.981 bits per heavy atom. The Bertz CT molecular complexity index is 2270. The maximum atomic E-state index is 14.9. The number of hydrogen-bond acceptors (Lipinski definition) is 9. The first-order valence-corrected chi connectivity index (χ1v) is 19.4. The van der Waals surface area contributed by atoms with Gasteiger partial charge in [0.25, 0.3) is 26.0 Å². The van der Waals surface area contributed by atoms with Crippen LogP contribution >= 0.6 is 0 Å². The molecule has 280 valence electrons. The van der Waals surface area contributed by atoms with Crippen molar-refractivity contribution in [1.29, 1.82) is 5.26 Å². The molecule has 14 nitrogen and oxygen atoms in total. The van der Waals surface area contributed by atoms with E-state index in [1.54, 1.807) is 24.3 Å². The van der Waals surface area contributed by atoms with Crippen LogP contribution in [0.1, 0.15) is 62.1 Å². The fourth-order valence-corrected chi connectivity index (χ4v) is 8.97. The third kappa shape index (κ3) is 8.67. The van der Waals surface area contributed by atoms with Gasteiger partial charge in [0.2, 0.25) is 11.8 Å². The number of carbonyl (C=O) groups is 3. The molecule has 4 aromatic rings. The number of nitrogens with zero attached hydrogens (tertiary/aromatic N) is 2. The van der Waals surface area contributed by atoms with E-state index in [1.807, 2.05) is 26.8 Å². The Morgan fingerprint density at radius 2 is 1.62 bits per heavy atom. The van der Waals surface area contributed by atoms with Gasteiger partial charge in [-0.1, -0.05) is 57.2 Å². The third-order valence-corrected chi connectivity index (χ3v) is 12.4. The molecule has 3 amide bonds. The van der Waals surface area contributed by atoms with Crippen molar-refractivity contribution >= 4 is 48.7 Å². The first-order chi connectivity index (χ1) is 24.9. The lowest BCUT2D eigenvalue weighted by Gasteiger charge is -2.27. The Balaban J connectivity index is 1.24. The monoisotopic (exact) mass is 766 g/mol. The van der Waals surface area contributed by atoms with Crippen molar-refractivity contribution in [2.75, 3.05) is 7.11 Å². The second kappa shape index (κ2) is 15.3. The summed E-state index contributed by atoms with van der Waals surface area (Å²) >= 11 is 0. The Labute approximate surface area is 306 Å². The largest absolute Gasteiger partial charge is 0.496 e. The van der Waals surface area contributed by atoms with Crippen molar-refractivity contribution in [1.82, 2.24) is 24.9 Å². The highest BCUT2D eigenvalue weighted by Gasteiger charge is 2.39. The van der Waals surface area contributed by atoms with Gasteiger partial charge in [-0.25, -0.2) is 16.8 Å². The third-order valence-electron chi connectivity index (χ3n) is 8.73. The molecule has 0 spiro atoms. The highest BCUT2D eigenvalue weighted by atomic mass is 32.3. The van der Waals surface area contributed by atoms with Gasteiger partial charge in [0.05, 0.1) is 32.9 Å². The van der Waals surface area contributed by atoms with Crippen LogP contribution in [-0.4, -0.2) is 62.7 Å². The number of rotatable bonds is 13. The molecular formula is C36H39FN6O8S2. The molecular weight excluding hydrogens is 728 g/mol. The number of aromatic nitrogens is 1. The highest BCUT2D eigenvalue weighted by molar-refractivity contribution is 8.03. The van der Waals surface area contributed by atoms with E-state index in [0.717, 1.165) is 24.3 Å². The molecule has 0 saturated carbocycles. The molecule has 1 saturated heterocycles. The van der Waals surface area contributed by atoms with Crippen LogP contribution in [-0.2, 0) is 29.6 Å². The van der Waals surface area contributed by atoms with Crippen molar-refractivity contribution in [2.45, 2.75) is 68.0 Å². The van der Waals surface area contributed by atoms with Gasteiger partial charge in [-0.15, -0.1) is 4.48 Å². The zero-order valence-electron chi connectivity index (χ0n) is 29.3. The van der Waals surface area contributed by atoms with Crippen LogP contribution in [0.2, 0.25) is 0 Å². The molecule has 3 aromatic carbocycles. The summed E-state index contributed by atoms with van der Waals surface area (Å²) in [6.07, 6.45) is 0.369. The number of amides is 3. The van der Waals surface area contributed by atoms with Gasteiger partial charge in [-0.05, 0) is 72.7 Å². The van der Waals surface area contributed by atoms with Gasteiger partial charge < -0.3 is 25.7 Å². The van der Waals surface area contributed by atoms with Crippen LogP contribution in [0.3, 0.4) is 0 Å². The van der Waals surface area contributed by atoms with Gasteiger partial charge >= 0.3 is 0 Å². The molecule has 1 unspecified atom stereocenters. The van der Waals surface area contributed by atoms with E-state index < -0.39 is 81.0 Å². The van der Waals surface area contributed by atoms with E-state index in [4.69, 9.17) is 4.74 Å². The lowest BCUT2D eigenvalue weighted by Crippen LogP contribution is -2.51. The van der Waals surface area contributed by atoms with E-state index in [0.29, 0.717) is 22.2 Å². The lowest BCUT2D eigenvalue weighted by atomic mass is 9.87. The molecule has 17 heteroatoms. The number of sulfonamides is 2. The second-order valence-electron chi connectivity index (χ2n) is 13.9. The number of nitrogens with one attached hydrogen (secondary N) is 4. The maximum Gasteiger partial charge on any atom is 0.283 e. The van der Waals surface area contributed by atoms with Crippen LogP contribution in [0.5, 0.6) is 5.75 Å². The molecule has 4 atom stereocenters. The number of halogens is 1. The summed E-state index contributed by atoms with van der Waals surface area (Å²) in [4.78, 5) is 41.7. The minimum atomic E-state index is -5.11. The summed E-state index contributed by atoms with van der Waals surface area (Å²) < 4.78 is 70.0. The van der Waals surface area contributed by atoms with Gasteiger partial charge in [-0.2, -0.15) is 5.26 Å². The number of carbonyl (C=O) groups excluding carboxylic acids is 3. The van der Waals surface area contributed by atoms with Crippen LogP contribution < -0.4 is 20.7 Å². The normalized spacial score (nSPS) is 17.5. The summed E-state index contributed by atoms with van der Waals surface area (Å²) in [6.45, 7) is 5.71. The van der Waals surface area contributed by atoms with Crippen LogP contribution in [0.15, 0.2) is 88.7 Å². The van der Waals surface area contributed by atoms with E-state index in [9.17, 15) is 41.0 Å². The predicted octanol–water partition coefficient (Wildman–Crippen LogP) is 4.25. The number of benzene rings is 3. The van der Waals surface area contributed by atoms with Crippen LogP contribution in [0, 0.1) is 22.7 Å². The highest BCUT2D eigenvalue weighted by Crippen LogP contribution is 2.33. The molecule has 5 rings (SSSR count). The minimum Gasteiger partial charge on any atom is -0.496 e. The summed E-state index contributed by atoms with van der Waals surface area (Å²) in [7, 11) is -8.60. The molecule has 1 fully saturated rings. The standard InChI is InChI=1S/C36H39FN6O8S2/c1-36(2,3)20-31(42-34(45)30-19-27-28(40-30)11-8-12-32(27)51-4)35(46)39-24(21-38)17-23-18-29(41-33(23)44)22-13-15-26(16-14-22)53(49,50)43(37)52(47,48)25-9-6-5-7-10-25/h5-16,19,23-24,29,31,40H,17-18,20H2,1-4H3,(H,39,46)(H,41,44)(H,42,45)/t23-,24+,29?,31+/m1/s1. The first-order valence-electron chi connectivity index (χ1n) is 16.5. The topological polar surface area (TPSA) is 208 Å². The Morgan fingerprint density at radius 3 is 2.23 bits per heavy atom. The molecule has 1 aliphatic rings. The minimum absolute atomic E-state index is 0.0524. The van der Waals surface area contributed by atoms with Crippen LogP contribution in [0.4, 0.5) is 4.48 Å². The van der Waals surface area contributed by atoms with Crippen molar-refractivity contribution in [3.8, 4) is 11.8 Å². The maximum absolute atomic E-state index is 14.9. The molecule has 0 bridgehead atoms. The zero-order chi connectivity index (χ0) is 38.7. The Hall–Kier alpha value is -5.31. The molecule has 0 aliphatic carbocycles. The van der Waals surface area contributed by atoms with Crippen LogP contribution in [0.25, 0.3) is 10.9 Å².